The van der Waals surface area contributed by atoms with E-state index in [1.165, 1.54) is 12.1 Å². The van der Waals surface area contributed by atoms with Gasteiger partial charge < -0.3 is 9.74 Å². The molecule has 1 atom stereocenters. The molecular formula is C21H20ClFN2O2. The smallest absolute Gasteiger partial charge is 0.226 e. The van der Waals surface area contributed by atoms with E-state index < -0.39 is 0 Å². The molecule has 1 heterocycles. The van der Waals surface area contributed by atoms with E-state index in [0.717, 1.165) is 29.7 Å². The highest BCUT2D eigenvalue weighted by molar-refractivity contribution is 6.31. The lowest BCUT2D eigenvalue weighted by molar-refractivity contribution is -0.135. The summed E-state index contributed by atoms with van der Waals surface area (Å²) in [6.07, 6.45) is 2.26. The molecule has 1 aliphatic carbocycles. The third kappa shape index (κ3) is 4.30. The van der Waals surface area contributed by atoms with Crippen LogP contribution in [-0.4, -0.2) is 29.2 Å². The topological polar surface area (TPSA) is 41.9 Å². The Morgan fingerprint density at radius 2 is 1.93 bits per heavy atom. The standard InChI is InChI=1S/C21H20ClFN2O2/c22-19-4-2-1-3-16(19)12-25(21(26)15-5-6-15)13-18-11-20(24-27-18)14-7-9-17(23)10-8-14/h1-4,7-10,15,18H,5-6,11-13H2. The number of halogens is 2. The molecule has 2 aromatic rings. The van der Waals surface area contributed by atoms with E-state index in [2.05, 4.69) is 5.16 Å². The number of oxime groups is 1. The van der Waals surface area contributed by atoms with Gasteiger partial charge in [0.05, 0.1) is 12.3 Å². The highest BCUT2D eigenvalue weighted by Gasteiger charge is 2.35. The Bertz CT molecular complexity index is 865. The first-order chi connectivity index (χ1) is 13.1. The molecule has 1 fully saturated rings. The van der Waals surface area contributed by atoms with Crippen LogP contribution in [0.3, 0.4) is 0 Å². The number of hydrogen-bond acceptors (Lipinski definition) is 3. The molecule has 1 saturated carbocycles. The molecule has 6 heteroatoms. The van der Waals surface area contributed by atoms with Crippen molar-refractivity contribution in [1.29, 1.82) is 0 Å². The first-order valence-corrected chi connectivity index (χ1v) is 9.49. The maximum absolute atomic E-state index is 13.1. The summed E-state index contributed by atoms with van der Waals surface area (Å²) in [5.41, 5.74) is 2.53. The van der Waals surface area contributed by atoms with Crippen LogP contribution >= 0.6 is 11.6 Å². The lowest BCUT2D eigenvalue weighted by atomic mass is 10.0. The Morgan fingerprint density at radius 1 is 1.19 bits per heavy atom. The van der Waals surface area contributed by atoms with Crippen LogP contribution < -0.4 is 0 Å². The van der Waals surface area contributed by atoms with E-state index in [1.54, 1.807) is 12.1 Å². The number of nitrogens with zero attached hydrogens (tertiary/aromatic N) is 2. The predicted octanol–water partition coefficient (Wildman–Crippen LogP) is 4.41. The van der Waals surface area contributed by atoms with Crippen molar-refractivity contribution >= 4 is 23.2 Å². The summed E-state index contributed by atoms with van der Waals surface area (Å²) < 4.78 is 13.1. The average Bonchev–Trinajstić information content (AvgIpc) is 3.42. The molecule has 0 N–H and O–H groups in total. The molecule has 0 spiro atoms. The summed E-state index contributed by atoms with van der Waals surface area (Å²) in [7, 11) is 0. The van der Waals surface area contributed by atoms with Gasteiger partial charge in [0, 0.05) is 23.9 Å². The molecule has 1 amide bonds. The maximum Gasteiger partial charge on any atom is 0.226 e. The van der Waals surface area contributed by atoms with E-state index in [-0.39, 0.29) is 23.7 Å². The summed E-state index contributed by atoms with van der Waals surface area (Å²) in [6.45, 7) is 0.912. The van der Waals surface area contributed by atoms with Gasteiger partial charge in [-0.25, -0.2) is 4.39 Å². The molecule has 0 saturated heterocycles. The summed E-state index contributed by atoms with van der Waals surface area (Å²) in [4.78, 5) is 20.1. The van der Waals surface area contributed by atoms with Crippen LogP contribution in [0.2, 0.25) is 5.02 Å². The zero-order valence-corrected chi connectivity index (χ0v) is 15.5. The van der Waals surface area contributed by atoms with Gasteiger partial charge in [0.15, 0.2) is 6.10 Å². The van der Waals surface area contributed by atoms with Crippen molar-refractivity contribution in [3.05, 3.63) is 70.5 Å². The van der Waals surface area contributed by atoms with Crippen molar-refractivity contribution in [2.75, 3.05) is 6.54 Å². The lowest BCUT2D eigenvalue weighted by Gasteiger charge is -2.25. The van der Waals surface area contributed by atoms with Gasteiger partial charge in [-0.3, -0.25) is 4.79 Å². The quantitative estimate of drug-likeness (QED) is 0.737. The first-order valence-electron chi connectivity index (χ1n) is 9.11. The van der Waals surface area contributed by atoms with E-state index >= 15 is 0 Å². The number of benzene rings is 2. The fraction of sp³-hybridized carbons (Fsp3) is 0.333. The Hall–Kier alpha value is -2.40. The SMILES string of the molecule is O=C(C1CC1)N(Cc1ccccc1Cl)CC1CC(c2ccc(F)cc2)=NO1. The highest BCUT2D eigenvalue weighted by Crippen LogP contribution is 2.32. The van der Waals surface area contributed by atoms with Gasteiger partial charge in [0.1, 0.15) is 5.82 Å². The monoisotopic (exact) mass is 386 g/mol. The maximum atomic E-state index is 13.1. The normalized spacial score (nSPS) is 18.7. The second-order valence-electron chi connectivity index (χ2n) is 7.06. The zero-order valence-electron chi connectivity index (χ0n) is 14.8. The molecular weight excluding hydrogens is 367 g/mol. The highest BCUT2D eigenvalue weighted by atomic mass is 35.5. The minimum absolute atomic E-state index is 0.117. The predicted molar refractivity (Wildman–Crippen MR) is 102 cm³/mol. The molecule has 27 heavy (non-hydrogen) atoms. The minimum atomic E-state index is -0.282. The summed E-state index contributed by atoms with van der Waals surface area (Å²) in [5.74, 6) is -0.0177. The fourth-order valence-corrected chi connectivity index (χ4v) is 3.43. The second-order valence-corrected chi connectivity index (χ2v) is 7.47. The molecule has 0 bridgehead atoms. The Kier molecular flexibility index (Phi) is 5.12. The van der Waals surface area contributed by atoms with E-state index in [9.17, 15) is 9.18 Å². The Balaban J connectivity index is 1.44. The van der Waals surface area contributed by atoms with Crippen molar-refractivity contribution in [3.8, 4) is 0 Å². The van der Waals surface area contributed by atoms with Crippen molar-refractivity contribution in [1.82, 2.24) is 4.90 Å². The largest absolute Gasteiger partial charge is 0.390 e. The van der Waals surface area contributed by atoms with Crippen LogP contribution in [0.25, 0.3) is 0 Å². The van der Waals surface area contributed by atoms with Gasteiger partial charge in [-0.1, -0.05) is 47.1 Å². The molecule has 1 unspecified atom stereocenters. The Morgan fingerprint density at radius 3 is 2.63 bits per heavy atom. The average molecular weight is 387 g/mol. The summed E-state index contributed by atoms with van der Waals surface area (Å²) in [5, 5.41) is 4.80. The van der Waals surface area contributed by atoms with Gasteiger partial charge in [-0.15, -0.1) is 0 Å². The van der Waals surface area contributed by atoms with Crippen LogP contribution in [0.1, 0.15) is 30.4 Å². The van der Waals surface area contributed by atoms with E-state index in [4.69, 9.17) is 16.4 Å². The zero-order chi connectivity index (χ0) is 18.8. The van der Waals surface area contributed by atoms with Gasteiger partial charge in [0.25, 0.3) is 0 Å². The molecule has 4 nitrogen and oxygen atoms in total. The molecule has 140 valence electrons. The molecule has 2 aliphatic rings. The molecule has 4 rings (SSSR count). The number of carbonyl (C=O) groups is 1. The third-order valence-corrected chi connectivity index (χ3v) is 5.26. The van der Waals surface area contributed by atoms with Crippen molar-refractivity contribution in [3.63, 3.8) is 0 Å². The Labute approximate surface area is 162 Å². The summed E-state index contributed by atoms with van der Waals surface area (Å²) in [6, 6.07) is 13.8. The van der Waals surface area contributed by atoms with Gasteiger partial charge >= 0.3 is 0 Å². The lowest BCUT2D eigenvalue weighted by Crippen LogP contribution is -2.38. The number of hydrogen-bond donors (Lipinski definition) is 0. The number of amides is 1. The third-order valence-electron chi connectivity index (χ3n) is 4.89. The minimum Gasteiger partial charge on any atom is -0.390 e. The van der Waals surface area contributed by atoms with E-state index in [1.807, 2.05) is 29.2 Å². The van der Waals surface area contributed by atoms with Crippen LogP contribution in [0.15, 0.2) is 53.7 Å². The van der Waals surface area contributed by atoms with Gasteiger partial charge in [0.2, 0.25) is 5.91 Å². The first kappa shape index (κ1) is 18.0. The summed E-state index contributed by atoms with van der Waals surface area (Å²) >= 11 is 6.28. The van der Waals surface area contributed by atoms with Crippen LogP contribution in [0.4, 0.5) is 4.39 Å². The van der Waals surface area contributed by atoms with Crippen LogP contribution in [0, 0.1) is 11.7 Å². The van der Waals surface area contributed by atoms with Crippen molar-refractivity contribution in [2.45, 2.75) is 31.9 Å². The fourth-order valence-electron chi connectivity index (χ4n) is 3.24. The van der Waals surface area contributed by atoms with Crippen molar-refractivity contribution in [2.24, 2.45) is 11.1 Å². The molecule has 0 aromatic heterocycles. The van der Waals surface area contributed by atoms with Crippen LogP contribution in [0.5, 0.6) is 0 Å². The molecule has 1 aliphatic heterocycles. The molecule has 0 radical (unpaired) electrons. The van der Waals surface area contributed by atoms with Gasteiger partial charge in [-0.2, -0.15) is 0 Å². The molecule has 2 aromatic carbocycles. The number of carbonyl (C=O) groups excluding carboxylic acids is 1. The second kappa shape index (κ2) is 7.69. The van der Waals surface area contributed by atoms with Crippen molar-refractivity contribution < 1.29 is 14.0 Å². The van der Waals surface area contributed by atoms with E-state index in [0.29, 0.717) is 24.5 Å². The van der Waals surface area contributed by atoms with Crippen LogP contribution in [-0.2, 0) is 16.2 Å². The number of rotatable bonds is 6. The van der Waals surface area contributed by atoms with Gasteiger partial charge in [-0.05, 0) is 42.2 Å².